The van der Waals surface area contributed by atoms with Crippen LogP contribution >= 0.6 is 0 Å². The molecule has 1 fully saturated rings. The first kappa shape index (κ1) is 16.0. The topological polar surface area (TPSA) is 21.3 Å². The summed E-state index contributed by atoms with van der Waals surface area (Å²) in [5.74, 6) is 2.83. The van der Waals surface area contributed by atoms with Crippen LogP contribution in [0.3, 0.4) is 0 Å². The van der Waals surface area contributed by atoms with Gasteiger partial charge in [0.05, 0.1) is 0 Å². The van der Waals surface area contributed by atoms with Gasteiger partial charge in [-0.2, -0.15) is 0 Å². The van der Waals surface area contributed by atoms with Crippen molar-refractivity contribution in [1.29, 1.82) is 0 Å². The minimum Gasteiger partial charge on any atom is -0.385 e. The molecule has 2 nitrogen and oxygen atoms in total. The molecular weight excluding hydrogens is 222 g/mol. The summed E-state index contributed by atoms with van der Waals surface area (Å²) in [6.45, 7) is 7.95. The number of hydrogen-bond donors (Lipinski definition) is 1. The zero-order valence-corrected chi connectivity index (χ0v) is 12.7. The van der Waals surface area contributed by atoms with E-state index in [1.165, 1.54) is 58.0 Å². The molecule has 1 rings (SSSR count). The summed E-state index contributed by atoms with van der Waals surface area (Å²) >= 11 is 0. The van der Waals surface area contributed by atoms with Crippen molar-refractivity contribution in [3.05, 3.63) is 0 Å². The Morgan fingerprint density at radius 1 is 1.17 bits per heavy atom. The quantitative estimate of drug-likeness (QED) is 0.632. The molecule has 108 valence electrons. The molecule has 0 amide bonds. The van der Waals surface area contributed by atoms with Gasteiger partial charge in [0, 0.05) is 13.7 Å². The Morgan fingerprint density at radius 3 is 2.67 bits per heavy atom. The summed E-state index contributed by atoms with van der Waals surface area (Å²) in [6.07, 6.45) is 9.57. The molecule has 1 saturated carbocycles. The second-order valence-corrected chi connectivity index (χ2v) is 5.95. The van der Waals surface area contributed by atoms with Crippen LogP contribution in [0.15, 0.2) is 0 Å². The summed E-state index contributed by atoms with van der Waals surface area (Å²) < 4.78 is 5.20. The third kappa shape index (κ3) is 5.71. The number of ether oxygens (including phenoxy) is 1. The third-order valence-corrected chi connectivity index (χ3v) is 4.58. The van der Waals surface area contributed by atoms with E-state index in [2.05, 4.69) is 19.2 Å². The summed E-state index contributed by atoms with van der Waals surface area (Å²) in [5, 5.41) is 3.63. The lowest BCUT2D eigenvalue weighted by Gasteiger charge is -2.36. The first-order valence-electron chi connectivity index (χ1n) is 8.01. The van der Waals surface area contributed by atoms with Crippen LogP contribution in [0, 0.1) is 17.8 Å². The van der Waals surface area contributed by atoms with Crippen molar-refractivity contribution in [2.75, 3.05) is 26.8 Å². The highest BCUT2D eigenvalue weighted by atomic mass is 16.5. The predicted molar refractivity (Wildman–Crippen MR) is 78.9 cm³/mol. The van der Waals surface area contributed by atoms with Crippen LogP contribution in [-0.2, 0) is 4.74 Å². The summed E-state index contributed by atoms with van der Waals surface area (Å²) in [7, 11) is 1.82. The fraction of sp³-hybridized carbons (Fsp3) is 1.00. The van der Waals surface area contributed by atoms with Gasteiger partial charge in [0.15, 0.2) is 0 Å². The van der Waals surface area contributed by atoms with Gasteiger partial charge in [0.25, 0.3) is 0 Å². The van der Waals surface area contributed by atoms with E-state index in [1.807, 2.05) is 7.11 Å². The number of rotatable bonds is 9. The fourth-order valence-corrected chi connectivity index (χ4v) is 3.37. The summed E-state index contributed by atoms with van der Waals surface area (Å²) in [5.41, 5.74) is 0. The number of methoxy groups -OCH3 is 1. The van der Waals surface area contributed by atoms with Gasteiger partial charge < -0.3 is 10.1 Å². The molecule has 0 spiro atoms. The first-order chi connectivity index (χ1) is 8.81. The second kappa shape index (κ2) is 9.80. The van der Waals surface area contributed by atoms with E-state index < -0.39 is 0 Å². The molecule has 0 heterocycles. The van der Waals surface area contributed by atoms with Crippen molar-refractivity contribution in [2.45, 2.75) is 58.8 Å². The zero-order chi connectivity index (χ0) is 13.2. The van der Waals surface area contributed by atoms with Gasteiger partial charge in [-0.05, 0) is 62.9 Å². The van der Waals surface area contributed by atoms with Crippen molar-refractivity contribution in [3.8, 4) is 0 Å². The van der Waals surface area contributed by atoms with E-state index in [4.69, 9.17) is 4.74 Å². The Hall–Kier alpha value is -0.0800. The van der Waals surface area contributed by atoms with Gasteiger partial charge in [-0.15, -0.1) is 0 Å². The standard InChI is InChI=1S/C16H33NO/c1-4-10-17-13-16-9-8-14(5-2)12-15(16)7-6-11-18-3/h14-17H,4-13H2,1-3H3. The van der Waals surface area contributed by atoms with Gasteiger partial charge >= 0.3 is 0 Å². The van der Waals surface area contributed by atoms with Crippen LogP contribution in [0.5, 0.6) is 0 Å². The van der Waals surface area contributed by atoms with Gasteiger partial charge in [-0.3, -0.25) is 0 Å². The van der Waals surface area contributed by atoms with E-state index in [0.717, 1.165) is 24.4 Å². The molecular formula is C16H33NO. The van der Waals surface area contributed by atoms with Gasteiger partial charge in [0.2, 0.25) is 0 Å². The molecule has 1 aliphatic rings. The van der Waals surface area contributed by atoms with E-state index in [9.17, 15) is 0 Å². The first-order valence-corrected chi connectivity index (χ1v) is 8.01. The minimum atomic E-state index is 0.913. The smallest absolute Gasteiger partial charge is 0.0462 e. The van der Waals surface area contributed by atoms with Crippen molar-refractivity contribution in [1.82, 2.24) is 5.32 Å². The maximum atomic E-state index is 5.20. The van der Waals surface area contributed by atoms with Crippen molar-refractivity contribution in [2.24, 2.45) is 17.8 Å². The van der Waals surface area contributed by atoms with Crippen LogP contribution in [0.1, 0.15) is 58.8 Å². The Labute approximate surface area is 114 Å². The van der Waals surface area contributed by atoms with Gasteiger partial charge in [0.1, 0.15) is 0 Å². The molecule has 1 N–H and O–H groups in total. The summed E-state index contributed by atoms with van der Waals surface area (Å²) in [4.78, 5) is 0. The highest BCUT2D eigenvalue weighted by Crippen LogP contribution is 2.37. The highest BCUT2D eigenvalue weighted by molar-refractivity contribution is 4.81. The highest BCUT2D eigenvalue weighted by Gasteiger charge is 2.28. The monoisotopic (exact) mass is 255 g/mol. The lowest BCUT2D eigenvalue weighted by Crippen LogP contribution is -2.33. The molecule has 0 bridgehead atoms. The Bertz CT molecular complexity index is 194. The molecule has 0 saturated heterocycles. The van der Waals surface area contributed by atoms with Crippen LogP contribution in [0.4, 0.5) is 0 Å². The van der Waals surface area contributed by atoms with Crippen LogP contribution in [-0.4, -0.2) is 26.8 Å². The molecule has 1 aliphatic carbocycles. The van der Waals surface area contributed by atoms with Crippen molar-refractivity contribution < 1.29 is 4.74 Å². The lowest BCUT2D eigenvalue weighted by molar-refractivity contribution is 0.138. The normalized spacial score (nSPS) is 28.5. The zero-order valence-electron chi connectivity index (χ0n) is 12.7. The molecule has 3 atom stereocenters. The summed E-state index contributed by atoms with van der Waals surface area (Å²) in [6, 6.07) is 0. The SMILES string of the molecule is CCCNCC1CCC(CC)CC1CCCOC. The van der Waals surface area contributed by atoms with Gasteiger partial charge in [-0.1, -0.05) is 26.7 Å². The van der Waals surface area contributed by atoms with E-state index in [-0.39, 0.29) is 0 Å². The van der Waals surface area contributed by atoms with Gasteiger partial charge in [-0.25, -0.2) is 0 Å². The molecule has 3 unspecified atom stereocenters. The van der Waals surface area contributed by atoms with E-state index >= 15 is 0 Å². The molecule has 2 heteroatoms. The Morgan fingerprint density at radius 2 is 2.00 bits per heavy atom. The Balaban J connectivity index is 2.35. The second-order valence-electron chi connectivity index (χ2n) is 5.95. The third-order valence-electron chi connectivity index (χ3n) is 4.58. The van der Waals surface area contributed by atoms with Crippen molar-refractivity contribution in [3.63, 3.8) is 0 Å². The molecule has 0 aliphatic heterocycles. The predicted octanol–water partition coefficient (Wildman–Crippen LogP) is 3.86. The number of hydrogen-bond acceptors (Lipinski definition) is 2. The minimum absolute atomic E-state index is 0.913. The molecule has 0 radical (unpaired) electrons. The average Bonchev–Trinajstić information content (AvgIpc) is 2.40. The van der Waals surface area contributed by atoms with Crippen molar-refractivity contribution >= 4 is 0 Å². The fourth-order valence-electron chi connectivity index (χ4n) is 3.37. The number of nitrogens with one attached hydrogen (secondary N) is 1. The van der Waals surface area contributed by atoms with E-state index in [0.29, 0.717) is 0 Å². The maximum Gasteiger partial charge on any atom is 0.0462 e. The van der Waals surface area contributed by atoms with E-state index in [1.54, 1.807) is 0 Å². The maximum absolute atomic E-state index is 5.20. The largest absolute Gasteiger partial charge is 0.385 e. The average molecular weight is 255 g/mol. The molecule has 0 aromatic carbocycles. The molecule has 0 aromatic rings. The molecule has 0 aromatic heterocycles. The van der Waals surface area contributed by atoms with Crippen LogP contribution in [0.25, 0.3) is 0 Å². The Kier molecular flexibility index (Phi) is 8.70. The van der Waals surface area contributed by atoms with Crippen LogP contribution < -0.4 is 5.32 Å². The lowest BCUT2D eigenvalue weighted by atomic mass is 9.71. The molecule has 18 heavy (non-hydrogen) atoms. The van der Waals surface area contributed by atoms with Crippen LogP contribution in [0.2, 0.25) is 0 Å².